The number of ether oxygens (including phenoxy) is 16. The lowest BCUT2D eigenvalue weighted by molar-refractivity contribution is 0.0533. The summed E-state index contributed by atoms with van der Waals surface area (Å²) in [5.41, 5.74) is 0.132. The molecule has 0 N–H and O–H groups in total. The zero-order valence-electron chi connectivity index (χ0n) is 56.7. The van der Waals surface area contributed by atoms with Crippen LogP contribution in [0.5, 0.6) is 69.0 Å². The number of carbonyl (C=O) groups excluding carboxylic acids is 4. The Morgan fingerprint density at radius 3 is 0.686 bits per heavy atom. The van der Waals surface area contributed by atoms with Crippen molar-refractivity contribution in [2.45, 2.75) is 0 Å². The number of rotatable bonds is 38. The van der Waals surface area contributed by atoms with Gasteiger partial charge in [-0.1, -0.05) is 84.9 Å². The molecule has 0 spiro atoms. The van der Waals surface area contributed by atoms with E-state index in [0.717, 1.165) is 9.80 Å². The molecule has 102 heavy (non-hydrogen) atoms. The molecular formula is C80H74N2O20. The average Bonchev–Trinajstić information content (AvgIpc) is 0.671. The van der Waals surface area contributed by atoms with Crippen LogP contribution in [-0.4, -0.2) is 158 Å². The van der Waals surface area contributed by atoms with Crippen molar-refractivity contribution in [1.29, 1.82) is 0 Å². The van der Waals surface area contributed by atoms with E-state index < -0.39 is 23.6 Å². The van der Waals surface area contributed by atoms with Gasteiger partial charge in [-0.3, -0.25) is 19.2 Å². The molecule has 11 aromatic rings. The highest BCUT2D eigenvalue weighted by Crippen LogP contribution is 2.59. The van der Waals surface area contributed by atoms with Crippen LogP contribution in [0.3, 0.4) is 0 Å². The summed E-state index contributed by atoms with van der Waals surface area (Å²) in [6.45, 7) is 3.21. The van der Waals surface area contributed by atoms with Crippen LogP contribution in [0.25, 0.3) is 43.1 Å². The second-order valence-electron chi connectivity index (χ2n) is 23.3. The lowest BCUT2D eigenvalue weighted by atomic mass is 9.80. The van der Waals surface area contributed by atoms with Gasteiger partial charge in [0.1, 0.15) is 107 Å². The highest BCUT2D eigenvalue weighted by Gasteiger charge is 2.45. The van der Waals surface area contributed by atoms with E-state index in [1.807, 2.05) is 72.8 Å². The second-order valence-corrected chi connectivity index (χ2v) is 23.3. The van der Waals surface area contributed by atoms with E-state index in [4.69, 9.17) is 75.8 Å². The first-order chi connectivity index (χ1) is 50.2. The van der Waals surface area contributed by atoms with Gasteiger partial charge in [0, 0.05) is 71.5 Å². The summed E-state index contributed by atoms with van der Waals surface area (Å²) in [6, 6.07) is 52.4. The Kier molecular flexibility index (Phi) is 22.5. The molecule has 4 amide bonds. The predicted octanol–water partition coefficient (Wildman–Crippen LogP) is 14.7. The van der Waals surface area contributed by atoms with Crippen LogP contribution in [0.2, 0.25) is 0 Å². The van der Waals surface area contributed by atoms with Gasteiger partial charge < -0.3 is 75.8 Å². The smallest absolute Gasteiger partial charge is 0.266 e. The molecular weight excluding hydrogens is 1310 g/mol. The van der Waals surface area contributed by atoms with Gasteiger partial charge in [-0.2, -0.15) is 0 Å². The zero-order valence-corrected chi connectivity index (χ0v) is 56.7. The molecule has 13 rings (SSSR count). The summed E-state index contributed by atoms with van der Waals surface area (Å²) in [4.78, 5) is 68.0. The van der Waals surface area contributed by atoms with Crippen molar-refractivity contribution >= 4 is 78.1 Å². The molecule has 0 saturated heterocycles. The van der Waals surface area contributed by atoms with Crippen molar-refractivity contribution in [1.82, 2.24) is 0 Å². The second kappa shape index (κ2) is 33.0. The maximum atomic E-state index is 16.5. The summed E-state index contributed by atoms with van der Waals surface area (Å²) in [5.74, 6) is -0.691. The monoisotopic (exact) mass is 1380 g/mol. The predicted molar refractivity (Wildman–Crippen MR) is 382 cm³/mol. The third-order valence-corrected chi connectivity index (χ3v) is 16.8. The van der Waals surface area contributed by atoms with E-state index in [1.54, 1.807) is 138 Å². The van der Waals surface area contributed by atoms with E-state index in [0.29, 0.717) is 108 Å². The van der Waals surface area contributed by atoms with Gasteiger partial charge in [0.15, 0.2) is 0 Å². The van der Waals surface area contributed by atoms with Gasteiger partial charge in [0.05, 0.1) is 102 Å². The number of para-hydroxylation sites is 6. The van der Waals surface area contributed by atoms with Crippen molar-refractivity contribution in [3.63, 3.8) is 0 Å². The number of carbonyl (C=O) groups is 4. The molecule has 2 heterocycles. The van der Waals surface area contributed by atoms with Crippen molar-refractivity contribution in [3.8, 4) is 69.0 Å². The number of hydrogen-bond acceptors (Lipinski definition) is 20. The first-order valence-corrected chi connectivity index (χ1v) is 33.3. The Labute approximate surface area is 587 Å². The van der Waals surface area contributed by atoms with Crippen molar-refractivity contribution in [2.24, 2.45) is 0 Å². The van der Waals surface area contributed by atoms with Crippen LogP contribution in [0.4, 0.5) is 11.4 Å². The van der Waals surface area contributed by atoms with Crippen LogP contribution >= 0.6 is 0 Å². The van der Waals surface area contributed by atoms with Crippen molar-refractivity contribution in [3.05, 3.63) is 204 Å². The number of anilines is 2. The fraction of sp³-hybridized carbons (Fsp3) is 0.250. The lowest BCUT2D eigenvalue weighted by Gasteiger charge is -2.33. The molecule has 0 aromatic heterocycles. The molecule has 22 nitrogen and oxygen atoms in total. The summed E-state index contributed by atoms with van der Waals surface area (Å²) < 4.78 is 98.5. The summed E-state index contributed by atoms with van der Waals surface area (Å²) >= 11 is 0. The summed E-state index contributed by atoms with van der Waals surface area (Å²) in [5, 5.41) is 2.24. The number of benzene rings is 11. The van der Waals surface area contributed by atoms with E-state index >= 15 is 19.2 Å². The van der Waals surface area contributed by atoms with Gasteiger partial charge in [-0.05, 0) is 97.1 Å². The topological polar surface area (TPSA) is 222 Å². The molecule has 0 aliphatic carbocycles. The molecule has 2 aliphatic rings. The summed E-state index contributed by atoms with van der Waals surface area (Å²) in [6.07, 6.45) is 0. The molecule has 524 valence electrons. The first kappa shape index (κ1) is 69.6. The molecule has 0 saturated carbocycles. The van der Waals surface area contributed by atoms with Crippen molar-refractivity contribution < 1.29 is 95.0 Å². The van der Waals surface area contributed by atoms with Gasteiger partial charge in [0.25, 0.3) is 23.6 Å². The van der Waals surface area contributed by atoms with Crippen LogP contribution in [0.1, 0.15) is 41.4 Å². The minimum atomic E-state index is -0.771. The van der Waals surface area contributed by atoms with Crippen LogP contribution in [0.15, 0.2) is 182 Å². The quantitative estimate of drug-likeness (QED) is 0.0152. The Hall–Kier alpha value is -10.9. The van der Waals surface area contributed by atoms with E-state index in [-0.39, 0.29) is 143 Å². The Bertz CT molecular complexity index is 4190. The minimum absolute atomic E-state index is 0.00767. The van der Waals surface area contributed by atoms with E-state index in [1.165, 1.54) is 0 Å². The maximum Gasteiger partial charge on any atom is 0.266 e. The van der Waals surface area contributed by atoms with E-state index in [2.05, 4.69) is 0 Å². The number of methoxy groups -OCH3 is 4. The maximum absolute atomic E-state index is 16.5. The Morgan fingerprint density at radius 2 is 0.461 bits per heavy atom. The molecule has 0 radical (unpaired) electrons. The highest BCUT2D eigenvalue weighted by molar-refractivity contribution is 6.48. The molecule has 0 bridgehead atoms. The van der Waals surface area contributed by atoms with Gasteiger partial charge in [0.2, 0.25) is 0 Å². The number of amides is 4. The van der Waals surface area contributed by atoms with Gasteiger partial charge in [-0.25, -0.2) is 9.80 Å². The lowest BCUT2D eigenvalue weighted by Crippen LogP contribution is -2.41. The molecule has 0 fully saturated rings. The fourth-order valence-electron chi connectivity index (χ4n) is 12.4. The van der Waals surface area contributed by atoms with Crippen molar-refractivity contribution in [2.75, 3.05) is 144 Å². The number of imide groups is 2. The van der Waals surface area contributed by atoms with Crippen LogP contribution in [-0.2, 0) is 37.9 Å². The minimum Gasteiger partial charge on any atom is -0.489 e. The molecule has 0 unspecified atom stereocenters. The van der Waals surface area contributed by atoms with Crippen LogP contribution < -0.4 is 47.7 Å². The number of fused-ring (bicyclic) bond motifs is 2. The third-order valence-electron chi connectivity index (χ3n) is 16.8. The Balaban J connectivity index is 1.11. The molecule has 11 aromatic carbocycles. The fourth-order valence-corrected chi connectivity index (χ4v) is 12.4. The third kappa shape index (κ3) is 14.7. The Morgan fingerprint density at radius 1 is 0.235 bits per heavy atom. The zero-order chi connectivity index (χ0) is 70.3. The van der Waals surface area contributed by atoms with Gasteiger partial charge in [-0.15, -0.1) is 0 Å². The number of hydrogen-bond donors (Lipinski definition) is 0. The molecule has 2 aliphatic heterocycles. The first-order valence-electron chi connectivity index (χ1n) is 33.3. The SMILES string of the molecule is COCCOCCOc1cccc(OCCOCCOC)c1N1C(=O)c2cc(Oc3ccccc3)c3c4c(Oc5ccccc5)cc5c6c(cc(Oc7ccccc7)c(c7c(Oc8ccccc8)cc(c2c37)C1=O)c64)C(=O)N(c1c(OCCOCCOC)cccc1OCCOCCOC)C5=O. The average molecular weight is 1380 g/mol. The highest BCUT2D eigenvalue weighted by atomic mass is 16.6. The van der Waals surface area contributed by atoms with Crippen LogP contribution in [0, 0.1) is 0 Å². The standard InChI is InChI=1S/C80H74N2O20/c1-87-31-35-91-39-43-95-59-27-17-28-60(96-44-40-92-36-32-88-2)75(59)81-77(83)55-47-63(99-51-19-9-5-10-20-51)69-71-65(101-53-23-13-7-14-24-53)49-57-68-58(80(86)82(79(57)85)76-61(97-45-41-93-37-33-89-3)29-18-30-62(76)98-46-42-94-38-34-90-4)50-66(102-54-25-15-8-16-26-54)72(74(68)71)70-64(100-52-21-11-6-12-22-52)48-56(78(81)84)67(55)73(69)70/h5-30,47-50H,31-46H2,1-4H3. The molecule has 22 heteroatoms. The molecule has 0 atom stereocenters. The largest absolute Gasteiger partial charge is 0.489 e. The number of nitrogens with zero attached hydrogens (tertiary/aromatic N) is 2. The van der Waals surface area contributed by atoms with Gasteiger partial charge >= 0.3 is 0 Å². The normalized spacial score (nSPS) is 12.7. The van der Waals surface area contributed by atoms with E-state index in [9.17, 15) is 0 Å². The summed E-state index contributed by atoms with van der Waals surface area (Å²) in [7, 11) is 6.31.